The van der Waals surface area contributed by atoms with Crippen molar-refractivity contribution in [2.75, 3.05) is 25.5 Å². The maximum Gasteiger partial charge on any atom is 0.234 e. The Labute approximate surface area is 64.7 Å². The molecule has 0 saturated carbocycles. The lowest BCUT2D eigenvalue weighted by atomic mass is 10.7. The van der Waals surface area contributed by atoms with Crippen molar-refractivity contribution in [3.05, 3.63) is 0 Å². The molecule has 10 heavy (non-hydrogen) atoms. The number of rotatable bonds is 5. The molecule has 0 aromatic heterocycles. The van der Waals surface area contributed by atoms with Gasteiger partial charge >= 0.3 is 0 Å². The van der Waals surface area contributed by atoms with Crippen LogP contribution in [0.5, 0.6) is 0 Å². The Morgan fingerprint density at radius 2 is 2.00 bits per heavy atom. The maximum absolute atomic E-state index is 10.2. The SMILES string of the molecule is NCCOCCS(=O)(=O)Cl. The van der Waals surface area contributed by atoms with Gasteiger partial charge in [-0.05, 0) is 0 Å². The van der Waals surface area contributed by atoms with Crippen LogP contribution >= 0.6 is 10.7 Å². The van der Waals surface area contributed by atoms with Crippen LogP contribution in [0.1, 0.15) is 0 Å². The molecule has 0 fully saturated rings. The molecule has 0 radical (unpaired) electrons. The number of hydrogen-bond donors (Lipinski definition) is 1. The Morgan fingerprint density at radius 3 is 2.40 bits per heavy atom. The number of nitrogens with two attached hydrogens (primary N) is 1. The molecule has 0 aliphatic carbocycles. The molecule has 0 aromatic carbocycles. The molecule has 62 valence electrons. The molecule has 2 N–H and O–H groups in total. The summed E-state index contributed by atoms with van der Waals surface area (Å²) >= 11 is 0. The molecule has 0 rings (SSSR count). The van der Waals surface area contributed by atoms with E-state index < -0.39 is 9.05 Å². The van der Waals surface area contributed by atoms with Gasteiger partial charge in [-0.1, -0.05) is 0 Å². The van der Waals surface area contributed by atoms with E-state index in [0.29, 0.717) is 13.2 Å². The molecule has 0 aromatic rings. The van der Waals surface area contributed by atoms with Crippen molar-refractivity contribution < 1.29 is 13.2 Å². The lowest BCUT2D eigenvalue weighted by molar-refractivity contribution is 0.157. The zero-order valence-electron chi connectivity index (χ0n) is 5.42. The Balaban J connectivity index is 3.21. The zero-order chi connectivity index (χ0) is 8.04. The number of hydrogen-bond acceptors (Lipinski definition) is 4. The van der Waals surface area contributed by atoms with Crippen molar-refractivity contribution in [1.82, 2.24) is 0 Å². The first kappa shape index (κ1) is 10.2. The van der Waals surface area contributed by atoms with Gasteiger partial charge in [0.15, 0.2) is 0 Å². The van der Waals surface area contributed by atoms with Gasteiger partial charge in [0.2, 0.25) is 9.05 Å². The van der Waals surface area contributed by atoms with E-state index in [0.717, 1.165) is 0 Å². The van der Waals surface area contributed by atoms with Crippen molar-refractivity contribution in [3.8, 4) is 0 Å². The van der Waals surface area contributed by atoms with Crippen molar-refractivity contribution in [3.63, 3.8) is 0 Å². The first-order valence-electron chi connectivity index (χ1n) is 2.76. The molecule has 0 bridgehead atoms. The highest BCUT2D eigenvalue weighted by Crippen LogP contribution is 1.94. The minimum Gasteiger partial charge on any atom is -0.379 e. The predicted octanol–water partition coefficient (Wildman–Crippen LogP) is -0.470. The van der Waals surface area contributed by atoms with Gasteiger partial charge in [-0.2, -0.15) is 0 Å². The van der Waals surface area contributed by atoms with Gasteiger partial charge in [-0.3, -0.25) is 0 Å². The summed E-state index contributed by atoms with van der Waals surface area (Å²) in [6.45, 7) is 0.873. The van der Waals surface area contributed by atoms with E-state index in [1.807, 2.05) is 0 Å². The molecule has 0 aliphatic rings. The molecule has 0 saturated heterocycles. The summed E-state index contributed by atoms with van der Waals surface area (Å²) in [6.07, 6.45) is 0. The van der Waals surface area contributed by atoms with Crippen LogP contribution in [0.3, 0.4) is 0 Å². The van der Waals surface area contributed by atoms with Gasteiger partial charge in [0, 0.05) is 17.2 Å². The first-order chi connectivity index (χ1) is 4.56. The average molecular weight is 188 g/mol. The van der Waals surface area contributed by atoms with E-state index in [1.165, 1.54) is 0 Å². The summed E-state index contributed by atoms with van der Waals surface area (Å²) in [7, 11) is 1.47. The van der Waals surface area contributed by atoms with Crippen molar-refractivity contribution in [2.45, 2.75) is 0 Å². The lowest BCUT2D eigenvalue weighted by Crippen LogP contribution is -2.12. The quantitative estimate of drug-likeness (QED) is 0.467. The van der Waals surface area contributed by atoms with Crippen LogP contribution in [-0.2, 0) is 13.8 Å². The minimum absolute atomic E-state index is 0.114. The van der Waals surface area contributed by atoms with Crippen LogP contribution in [0.25, 0.3) is 0 Å². The summed E-state index contributed by atoms with van der Waals surface area (Å²) in [5.74, 6) is -0.158. The van der Waals surface area contributed by atoms with Crippen LogP contribution in [0, 0.1) is 0 Å². The fraction of sp³-hybridized carbons (Fsp3) is 1.00. The second kappa shape index (κ2) is 4.90. The van der Waals surface area contributed by atoms with Gasteiger partial charge in [0.1, 0.15) is 0 Å². The monoisotopic (exact) mass is 187 g/mol. The standard InChI is InChI=1S/C4H10ClNO3S/c5-10(7,8)4-3-9-2-1-6/h1-4,6H2. The van der Waals surface area contributed by atoms with Crippen LogP contribution in [0.4, 0.5) is 0 Å². The molecule has 0 spiro atoms. The normalized spacial score (nSPS) is 11.8. The van der Waals surface area contributed by atoms with Gasteiger partial charge in [-0.25, -0.2) is 8.42 Å². The topological polar surface area (TPSA) is 69.4 Å². The molecular weight excluding hydrogens is 178 g/mol. The Kier molecular flexibility index (Phi) is 4.98. The van der Waals surface area contributed by atoms with E-state index in [-0.39, 0.29) is 12.4 Å². The number of halogens is 1. The third-order valence-corrected chi connectivity index (χ3v) is 1.85. The molecule has 0 heterocycles. The molecule has 0 unspecified atom stereocenters. The van der Waals surface area contributed by atoms with Crippen LogP contribution in [0.15, 0.2) is 0 Å². The molecular formula is C4H10ClNO3S. The Bertz CT molecular complexity index is 167. The summed E-state index contributed by atoms with van der Waals surface area (Å²) in [4.78, 5) is 0. The molecule has 0 aliphatic heterocycles. The molecule has 0 atom stereocenters. The molecule has 4 nitrogen and oxygen atoms in total. The van der Waals surface area contributed by atoms with Crippen molar-refractivity contribution >= 4 is 19.7 Å². The van der Waals surface area contributed by atoms with E-state index in [2.05, 4.69) is 0 Å². The highest BCUT2D eigenvalue weighted by molar-refractivity contribution is 8.13. The second-order valence-corrected chi connectivity index (χ2v) is 4.54. The van der Waals surface area contributed by atoms with Crippen LogP contribution < -0.4 is 5.73 Å². The predicted molar refractivity (Wildman–Crippen MR) is 39.5 cm³/mol. The Morgan fingerprint density at radius 1 is 1.40 bits per heavy atom. The third kappa shape index (κ3) is 8.16. The number of ether oxygens (including phenoxy) is 1. The molecule has 6 heteroatoms. The Hall–Kier alpha value is 0.160. The summed E-state index contributed by atoms with van der Waals surface area (Å²) in [5.41, 5.74) is 5.07. The summed E-state index contributed by atoms with van der Waals surface area (Å²) in [5, 5.41) is 0. The van der Waals surface area contributed by atoms with Gasteiger partial charge < -0.3 is 10.5 Å². The maximum atomic E-state index is 10.2. The minimum atomic E-state index is -3.40. The summed E-state index contributed by atoms with van der Waals surface area (Å²) in [6, 6.07) is 0. The lowest BCUT2D eigenvalue weighted by Gasteiger charge is -1.98. The molecule has 0 amide bonds. The van der Waals surface area contributed by atoms with E-state index >= 15 is 0 Å². The third-order valence-electron chi connectivity index (χ3n) is 0.734. The van der Waals surface area contributed by atoms with Gasteiger partial charge in [0.05, 0.1) is 19.0 Å². The van der Waals surface area contributed by atoms with E-state index in [1.54, 1.807) is 0 Å². The van der Waals surface area contributed by atoms with Crippen LogP contribution in [0.2, 0.25) is 0 Å². The fourth-order valence-corrected chi connectivity index (χ4v) is 0.850. The van der Waals surface area contributed by atoms with E-state index in [4.69, 9.17) is 21.2 Å². The smallest absolute Gasteiger partial charge is 0.234 e. The van der Waals surface area contributed by atoms with Gasteiger partial charge in [0.25, 0.3) is 0 Å². The van der Waals surface area contributed by atoms with E-state index in [9.17, 15) is 8.42 Å². The summed E-state index contributed by atoms with van der Waals surface area (Å²) < 4.78 is 25.3. The fourth-order valence-electron chi connectivity index (χ4n) is 0.344. The first-order valence-corrected chi connectivity index (χ1v) is 5.24. The highest BCUT2D eigenvalue weighted by Gasteiger charge is 2.02. The van der Waals surface area contributed by atoms with Crippen molar-refractivity contribution in [2.24, 2.45) is 5.73 Å². The average Bonchev–Trinajstić information content (AvgIpc) is 1.78. The van der Waals surface area contributed by atoms with Gasteiger partial charge in [-0.15, -0.1) is 0 Å². The largest absolute Gasteiger partial charge is 0.379 e. The second-order valence-electron chi connectivity index (χ2n) is 1.64. The van der Waals surface area contributed by atoms with Crippen molar-refractivity contribution in [1.29, 1.82) is 0 Å². The van der Waals surface area contributed by atoms with Crippen LogP contribution in [-0.4, -0.2) is 33.9 Å². The zero-order valence-corrected chi connectivity index (χ0v) is 6.99. The highest BCUT2D eigenvalue weighted by atomic mass is 35.7.